The van der Waals surface area contributed by atoms with Crippen LogP contribution in [0.25, 0.3) is 0 Å². The first-order valence-corrected chi connectivity index (χ1v) is 9.73. The largest absolute Gasteiger partial charge is 0.467 e. The van der Waals surface area contributed by atoms with Crippen molar-refractivity contribution < 1.29 is 13.6 Å². The van der Waals surface area contributed by atoms with Gasteiger partial charge in [-0.3, -0.25) is 4.79 Å². The van der Waals surface area contributed by atoms with Crippen LogP contribution in [0.15, 0.2) is 62.2 Å². The second-order valence-electron chi connectivity index (χ2n) is 6.93. The topological polar surface area (TPSA) is 49.8 Å². The number of carbonyl (C=O) groups is 1. The van der Waals surface area contributed by atoms with Crippen molar-refractivity contribution in [1.29, 1.82) is 0 Å². The van der Waals surface area contributed by atoms with Crippen LogP contribution in [0.1, 0.15) is 34.4 Å². The molecule has 27 heavy (non-hydrogen) atoms. The van der Waals surface area contributed by atoms with Gasteiger partial charge in [0.15, 0.2) is 4.67 Å². The number of hydrogen-bond donors (Lipinski definition) is 0. The van der Waals surface area contributed by atoms with E-state index in [2.05, 4.69) is 46.0 Å². The van der Waals surface area contributed by atoms with Crippen molar-refractivity contribution in [1.82, 2.24) is 4.90 Å². The predicted octanol–water partition coefficient (Wildman–Crippen LogP) is 4.86. The molecule has 1 atom stereocenters. The second kappa shape index (κ2) is 7.27. The fourth-order valence-electron chi connectivity index (χ4n) is 3.63. The molecule has 0 spiro atoms. The van der Waals surface area contributed by atoms with Crippen LogP contribution in [0, 0.1) is 0 Å². The van der Waals surface area contributed by atoms with Gasteiger partial charge in [-0.1, -0.05) is 18.2 Å². The summed E-state index contributed by atoms with van der Waals surface area (Å²) in [7, 11) is 1.77. The average Bonchev–Trinajstić information content (AvgIpc) is 3.35. The summed E-state index contributed by atoms with van der Waals surface area (Å²) in [4.78, 5) is 16.9. The van der Waals surface area contributed by atoms with E-state index >= 15 is 0 Å². The van der Waals surface area contributed by atoms with Crippen molar-refractivity contribution in [2.45, 2.75) is 32.5 Å². The number of amides is 1. The minimum Gasteiger partial charge on any atom is -0.467 e. The predicted molar refractivity (Wildman–Crippen MR) is 107 cm³/mol. The van der Waals surface area contributed by atoms with E-state index < -0.39 is 0 Å². The van der Waals surface area contributed by atoms with Gasteiger partial charge in [-0.05, 0) is 59.1 Å². The number of hydrogen-bond acceptors (Lipinski definition) is 4. The number of benzene rings is 1. The van der Waals surface area contributed by atoms with Crippen LogP contribution < -0.4 is 4.90 Å². The van der Waals surface area contributed by atoms with E-state index in [0.29, 0.717) is 35.1 Å². The molecule has 0 aliphatic carbocycles. The molecule has 0 bridgehead atoms. The van der Waals surface area contributed by atoms with Gasteiger partial charge in [0.05, 0.1) is 24.9 Å². The molecule has 0 fully saturated rings. The quantitative estimate of drug-likeness (QED) is 0.582. The van der Waals surface area contributed by atoms with Crippen LogP contribution in [-0.2, 0) is 19.5 Å². The monoisotopic (exact) mass is 428 g/mol. The number of nitrogens with zero attached hydrogens (tertiary/aromatic N) is 2. The first kappa shape index (κ1) is 17.9. The first-order chi connectivity index (χ1) is 13.0. The molecular weight excluding hydrogens is 408 g/mol. The summed E-state index contributed by atoms with van der Waals surface area (Å²) < 4.78 is 11.9. The molecule has 0 saturated carbocycles. The molecule has 1 aliphatic rings. The molecule has 4 rings (SSSR count). The maximum atomic E-state index is 12.9. The Bertz CT molecular complexity index is 962. The molecule has 1 amide bonds. The summed E-state index contributed by atoms with van der Waals surface area (Å²) in [5, 5.41) is 0. The third-order valence-corrected chi connectivity index (χ3v) is 5.43. The summed E-state index contributed by atoms with van der Waals surface area (Å²) in [5.41, 5.74) is 3.15. The van der Waals surface area contributed by atoms with Crippen LogP contribution in [0.4, 0.5) is 5.69 Å². The molecule has 1 aromatic carbocycles. The molecule has 0 radical (unpaired) electrons. The van der Waals surface area contributed by atoms with Gasteiger partial charge in [-0.25, -0.2) is 0 Å². The lowest BCUT2D eigenvalue weighted by Gasteiger charge is -2.24. The normalized spacial score (nSPS) is 15.8. The minimum absolute atomic E-state index is 0.0774. The van der Waals surface area contributed by atoms with Crippen molar-refractivity contribution in [2.75, 3.05) is 11.9 Å². The molecule has 1 aliphatic heterocycles. The van der Waals surface area contributed by atoms with E-state index in [9.17, 15) is 4.79 Å². The zero-order valence-electron chi connectivity index (χ0n) is 15.3. The van der Waals surface area contributed by atoms with Gasteiger partial charge >= 0.3 is 0 Å². The van der Waals surface area contributed by atoms with Crippen LogP contribution in [-0.4, -0.2) is 23.9 Å². The Morgan fingerprint density at radius 2 is 2.07 bits per heavy atom. The maximum Gasteiger partial charge on any atom is 0.257 e. The Morgan fingerprint density at radius 3 is 2.85 bits per heavy atom. The van der Waals surface area contributed by atoms with Gasteiger partial charge in [-0.15, -0.1) is 0 Å². The van der Waals surface area contributed by atoms with Gasteiger partial charge in [0.2, 0.25) is 0 Å². The highest BCUT2D eigenvalue weighted by molar-refractivity contribution is 9.10. The molecule has 0 N–H and O–H groups in total. The third-order valence-electron chi connectivity index (χ3n) is 5.01. The molecule has 0 saturated heterocycles. The maximum absolute atomic E-state index is 12.9. The van der Waals surface area contributed by atoms with E-state index in [0.717, 1.165) is 12.2 Å². The number of fused-ring (bicyclic) bond motifs is 1. The van der Waals surface area contributed by atoms with Crippen molar-refractivity contribution in [3.8, 4) is 0 Å². The number of para-hydroxylation sites is 1. The standard InChI is InChI=1S/C21H21BrN2O3/c1-14-11-15-5-3-4-6-18(15)24(14)13-19-17(9-10-26-19)21(25)23(2)12-16-7-8-20(22)27-16/h3-10,14H,11-13H2,1-2H3. The zero-order valence-corrected chi connectivity index (χ0v) is 16.9. The summed E-state index contributed by atoms with van der Waals surface area (Å²) in [6.45, 7) is 3.18. The van der Waals surface area contributed by atoms with Crippen molar-refractivity contribution in [3.05, 3.63) is 76.0 Å². The van der Waals surface area contributed by atoms with Gasteiger partial charge < -0.3 is 18.6 Å². The SMILES string of the molecule is CC1Cc2ccccc2N1Cc1occc1C(=O)N(C)Cc1ccc(Br)o1. The zero-order chi connectivity index (χ0) is 19.0. The summed E-state index contributed by atoms with van der Waals surface area (Å²) in [6.07, 6.45) is 2.60. The molecular formula is C21H21BrN2O3. The van der Waals surface area contributed by atoms with Crippen molar-refractivity contribution >= 4 is 27.5 Å². The Morgan fingerprint density at radius 1 is 1.26 bits per heavy atom. The highest BCUT2D eigenvalue weighted by Crippen LogP contribution is 2.33. The Kier molecular flexibility index (Phi) is 4.83. The van der Waals surface area contributed by atoms with E-state index in [-0.39, 0.29) is 5.91 Å². The highest BCUT2D eigenvalue weighted by Gasteiger charge is 2.28. The number of furan rings is 2. The fourth-order valence-corrected chi connectivity index (χ4v) is 3.97. The van der Waals surface area contributed by atoms with E-state index in [1.165, 1.54) is 11.3 Å². The molecule has 140 valence electrons. The summed E-state index contributed by atoms with van der Waals surface area (Å²) in [5.74, 6) is 1.34. The van der Waals surface area contributed by atoms with Crippen molar-refractivity contribution in [3.63, 3.8) is 0 Å². The van der Waals surface area contributed by atoms with Gasteiger partial charge in [0.25, 0.3) is 5.91 Å². The Labute approximate surface area is 166 Å². The van der Waals surface area contributed by atoms with E-state index in [4.69, 9.17) is 8.83 Å². The lowest BCUT2D eigenvalue weighted by molar-refractivity contribution is 0.0772. The van der Waals surface area contributed by atoms with Gasteiger partial charge in [-0.2, -0.15) is 0 Å². The van der Waals surface area contributed by atoms with Crippen LogP contribution in [0.2, 0.25) is 0 Å². The summed E-state index contributed by atoms with van der Waals surface area (Å²) >= 11 is 3.29. The fraction of sp³-hybridized carbons (Fsp3) is 0.286. The number of halogens is 1. The molecule has 3 heterocycles. The molecule has 1 unspecified atom stereocenters. The molecule has 5 nitrogen and oxygen atoms in total. The smallest absolute Gasteiger partial charge is 0.257 e. The van der Waals surface area contributed by atoms with Gasteiger partial charge in [0, 0.05) is 18.8 Å². The van der Waals surface area contributed by atoms with E-state index in [1.54, 1.807) is 24.3 Å². The Hall–Kier alpha value is -2.47. The minimum atomic E-state index is -0.0774. The van der Waals surface area contributed by atoms with Crippen molar-refractivity contribution in [2.24, 2.45) is 0 Å². The second-order valence-corrected chi connectivity index (χ2v) is 7.72. The third kappa shape index (κ3) is 3.54. The summed E-state index contributed by atoms with van der Waals surface area (Å²) in [6, 6.07) is 14.2. The molecule has 2 aromatic heterocycles. The first-order valence-electron chi connectivity index (χ1n) is 8.93. The highest BCUT2D eigenvalue weighted by atomic mass is 79.9. The molecule has 3 aromatic rings. The van der Waals surface area contributed by atoms with Gasteiger partial charge in [0.1, 0.15) is 11.5 Å². The lowest BCUT2D eigenvalue weighted by atomic mass is 10.1. The number of rotatable bonds is 5. The number of anilines is 1. The average molecular weight is 429 g/mol. The lowest BCUT2D eigenvalue weighted by Crippen LogP contribution is -2.31. The van der Waals surface area contributed by atoms with Crippen LogP contribution >= 0.6 is 15.9 Å². The number of carbonyl (C=O) groups excluding carboxylic acids is 1. The molecule has 6 heteroatoms. The van der Waals surface area contributed by atoms with Crippen LogP contribution in [0.3, 0.4) is 0 Å². The Balaban J connectivity index is 1.52. The van der Waals surface area contributed by atoms with E-state index in [1.807, 2.05) is 18.2 Å². The van der Waals surface area contributed by atoms with Crippen LogP contribution in [0.5, 0.6) is 0 Å².